The first-order valence-corrected chi connectivity index (χ1v) is 7.74. The van der Waals surface area contributed by atoms with Crippen molar-refractivity contribution < 1.29 is 26.7 Å². The van der Waals surface area contributed by atoms with Crippen molar-refractivity contribution in [3.05, 3.63) is 24.3 Å². The van der Waals surface area contributed by atoms with Gasteiger partial charge in [-0.1, -0.05) is 12.1 Å². The number of hydrogen-bond acceptors (Lipinski definition) is 4. The van der Waals surface area contributed by atoms with Crippen molar-refractivity contribution in [2.24, 2.45) is 5.92 Å². The lowest BCUT2D eigenvalue weighted by molar-refractivity contribution is -0.119. The van der Waals surface area contributed by atoms with Crippen LogP contribution in [0.4, 0.5) is 14.5 Å². The lowest BCUT2D eigenvalue weighted by atomic mass is 10.1. The highest BCUT2D eigenvalue weighted by molar-refractivity contribution is 7.91. The Bertz CT molecular complexity index is 603. The van der Waals surface area contributed by atoms with Crippen LogP contribution in [0.2, 0.25) is 0 Å². The summed E-state index contributed by atoms with van der Waals surface area (Å²) in [7, 11) is -3.17. The molecule has 0 spiro atoms. The van der Waals surface area contributed by atoms with E-state index in [0.717, 1.165) is 0 Å². The van der Waals surface area contributed by atoms with Gasteiger partial charge in [0.2, 0.25) is 5.91 Å². The average molecular weight is 305 g/mol. The molecule has 1 unspecified atom stereocenters. The van der Waals surface area contributed by atoms with E-state index in [1.54, 1.807) is 6.07 Å². The van der Waals surface area contributed by atoms with Crippen molar-refractivity contribution in [1.82, 2.24) is 0 Å². The number of amides is 1. The van der Waals surface area contributed by atoms with Gasteiger partial charge < -0.3 is 10.1 Å². The molecule has 1 aliphatic heterocycles. The van der Waals surface area contributed by atoms with Gasteiger partial charge in [-0.2, -0.15) is 8.78 Å². The van der Waals surface area contributed by atoms with Gasteiger partial charge >= 0.3 is 6.61 Å². The molecule has 1 aromatic rings. The highest BCUT2D eigenvalue weighted by Gasteiger charge is 2.33. The summed E-state index contributed by atoms with van der Waals surface area (Å²) < 4.78 is 51.3. The Morgan fingerprint density at radius 3 is 2.65 bits per heavy atom. The number of sulfone groups is 1. The molecule has 0 radical (unpaired) electrons. The van der Waals surface area contributed by atoms with Gasteiger partial charge in [-0.05, 0) is 18.6 Å². The van der Waals surface area contributed by atoms with E-state index in [-0.39, 0.29) is 29.4 Å². The summed E-state index contributed by atoms with van der Waals surface area (Å²) in [5.74, 6) is -1.55. The second kappa shape index (κ2) is 5.74. The molecule has 2 rings (SSSR count). The minimum Gasteiger partial charge on any atom is -0.433 e. The summed E-state index contributed by atoms with van der Waals surface area (Å²) in [6, 6.07) is 5.76. The van der Waals surface area contributed by atoms with Gasteiger partial charge in [0.1, 0.15) is 5.75 Å². The van der Waals surface area contributed by atoms with Crippen LogP contribution in [-0.2, 0) is 14.6 Å². The zero-order valence-electron chi connectivity index (χ0n) is 10.4. The van der Waals surface area contributed by atoms with Gasteiger partial charge in [-0.15, -0.1) is 0 Å². The summed E-state index contributed by atoms with van der Waals surface area (Å²) in [5, 5.41) is 2.43. The molecule has 0 bridgehead atoms. The monoisotopic (exact) mass is 305 g/mol. The van der Waals surface area contributed by atoms with Crippen LogP contribution in [0, 0.1) is 5.92 Å². The minimum atomic E-state index is -3.17. The Morgan fingerprint density at radius 2 is 2.05 bits per heavy atom. The molecule has 0 aliphatic carbocycles. The zero-order chi connectivity index (χ0) is 14.8. The number of benzene rings is 1. The Balaban J connectivity index is 2.08. The number of nitrogens with one attached hydrogen (secondary N) is 1. The fourth-order valence-electron chi connectivity index (χ4n) is 2.01. The molecule has 0 saturated carbocycles. The normalized spacial score (nSPS) is 20.9. The van der Waals surface area contributed by atoms with Gasteiger partial charge in [-0.25, -0.2) is 8.42 Å². The molecule has 1 aromatic carbocycles. The van der Waals surface area contributed by atoms with Gasteiger partial charge in [0.15, 0.2) is 9.84 Å². The third-order valence-corrected chi connectivity index (χ3v) is 4.73. The SMILES string of the molecule is O=C(Nc1ccccc1OC(F)F)C1CCS(=O)(=O)C1. The van der Waals surface area contributed by atoms with Crippen LogP contribution in [0.15, 0.2) is 24.3 Å². The second-order valence-electron chi connectivity index (χ2n) is 4.46. The summed E-state index contributed by atoms with van der Waals surface area (Å²) in [5.41, 5.74) is 0.0992. The highest BCUT2D eigenvalue weighted by atomic mass is 32.2. The zero-order valence-corrected chi connectivity index (χ0v) is 11.2. The summed E-state index contributed by atoms with van der Waals surface area (Å²) in [6.07, 6.45) is 0.242. The maximum atomic E-state index is 12.2. The predicted octanol–water partition coefficient (Wildman–Crippen LogP) is 1.66. The molecule has 1 saturated heterocycles. The number of rotatable bonds is 4. The van der Waals surface area contributed by atoms with Crippen LogP contribution in [0.1, 0.15) is 6.42 Å². The second-order valence-corrected chi connectivity index (χ2v) is 6.69. The first-order chi connectivity index (χ1) is 9.37. The Labute approximate surface area is 114 Å². The van der Waals surface area contributed by atoms with Crippen LogP contribution >= 0.6 is 0 Å². The van der Waals surface area contributed by atoms with Crippen molar-refractivity contribution >= 4 is 21.4 Å². The number of anilines is 1. The standard InChI is InChI=1S/C12H13F2NO4S/c13-12(14)19-10-4-2-1-3-9(10)15-11(16)8-5-6-20(17,18)7-8/h1-4,8,12H,5-7H2,(H,15,16). The number of hydrogen-bond donors (Lipinski definition) is 1. The molecule has 8 heteroatoms. The topological polar surface area (TPSA) is 72.5 Å². The summed E-state index contributed by atoms with van der Waals surface area (Å²) >= 11 is 0. The van der Waals surface area contributed by atoms with Crippen molar-refractivity contribution in [1.29, 1.82) is 0 Å². The number of alkyl halides is 2. The van der Waals surface area contributed by atoms with Crippen LogP contribution in [0.5, 0.6) is 5.75 Å². The predicted molar refractivity (Wildman–Crippen MR) is 68.5 cm³/mol. The van der Waals surface area contributed by atoms with E-state index in [1.807, 2.05) is 0 Å². The summed E-state index contributed by atoms with van der Waals surface area (Å²) in [6.45, 7) is -3.00. The van der Waals surface area contributed by atoms with Crippen molar-refractivity contribution in [2.75, 3.05) is 16.8 Å². The molecule has 1 atom stereocenters. The molecule has 0 aromatic heterocycles. The van der Waals surface area contributed by atoms with Crippen molar-refractivity contribution in [3.63, 3.8) is 0 Å². The fourth-order valence-corrected chi connectivity index (χ4v) is 3.75. The van der Waals surface area contributed by atoms with Crippen molar-refractivity contribution in [2.45, 2.75) is 13.0 Å². The van der Waals surface area contributed by atoms with E-state index in [0.29, 0.717) is 0 Å². The first kappa shape index (κ1) is 14.7. The molecule has 1 N–H and O–H groups in total. The third-order valence-electron chi connectivity index (χ3n) is 2.96. The third kappa shape index (κ3) is 3.66. The molecule has 1 heterocycles. The number of para-hydroxylation sites is 2. The van der Waals surface area contributed by atoms with E-state index in [2.05, 4.69) is 10.1 Å². The van der Waals surface area contributed by atoms with E-state index < -0.39 is 28.3 Å². The smallest absolute Gasteiger partial charge is 0.387 e. The maximum absolute atomic E-state index is 12.2. The van der Waals surface area contributed by atoms with Crippen LogP contribution in [-0.4, -0.2) is 32.4 Å². The van der Waals surface area contributed by atoms with Gasteiger partial charge in [-0.3, -0.25) is 4.79 Å². The van der Waals surface area contributed by atoms with E-state index in [1.165, 1.54) is 18.2 Å². The first-order valence-electron chi connectivity index (χ1n) is 5.92. The number of carbonyl (C=O) groups is 1. The van der Waals surface area contributed by atoms with Crippen molar-refractivity contribution in [3.8, 4) is 5.75 Å². The van der Waals surface area contributed by atoms with Gasteiger partial charge in [0, 0.05) is 0 Å². The van der Waals surface area contributed by atoms with Gasteiger partial charge in [0.05, 0.1) is 23.1 Å². The van der Waals surface area contributed by atoms with E-state index in [4.69, 9.17) is 0 Å². The quantitative estimate of drug-likeness (QED) is 0.918. The largest absolute Gasteiger partial charge is 0.433 e. The molecule has 1 amide bonds. The number of carbonyl (C=O) groups excluding carboxylic acids is 1. The van der Waals surface area contributed by atoms with Crippen LogP contribution < -0.4 is 10.1 Å². The molecular weight excluding hydrogens is 292 g/mol. The Morgan fingerprint density at radius 1 is 1.35 bits per heavy atom. The molecule has 1 fully saturated rings. The van der Waals surface area contributed by atoms with E-state index in [9.17, 15) is 22.0 Å². The number of halogens is 2. The lowest BCUT2D eigenvalue weighted by Gasteiger charge is -2.13. The Kier molecular flexibility index (Phi) is 4.22. The lowest BCUT2D eigenvalue weighted by Crippen LogP contribution is -2.24. The van der Waals surface area contributed by atoms with E-state index >= 15 is 0 Å². The Hall–Kier alpha value is -1.70. The average Bonchev–Trinajstić information content (AvgIpc) is 2.71. The molecule has 1 aliphatic rings. The number of ether oxygens (including phenoxy) is 1. The molecule has 110 valence electrons. The minimum absolute atomic E-state index is 0.0275. The molecule has 20 heavy (non-hydrogen) atoms. The maximum Gasteiger partial charge on any atom is 0.387 e. The van der Waals surface area contributed by atoms with Crippen LogP contribution in [0.25, 0.3) is 0 Å². The highest BCUT2D eigenvalue weighted by Crippen LogP contribution is 2.27. The molecular formula is C12H13F2NO4S. The van der Waals surface area contributed by atoms with Crippen LogP contribution in [0.3, 0.4) is 0 Å². The summed E-state index contributed by atoms with van der Waals surface area (Å²) in [4.78, 5) is 11.9. The fraction of sp³-hybridized carbons (Fsp3) is 0.417. The molecule has 5 nitrogen and oxygen atoms in total. The van der Waals surface area contributed by atoms with Gasteiger partial charge in [0.25, 0.3) is 0 Å².